The summed E-state index contributed by atoms with van der Waals surface area (Å²) in [7, 11) is 3.96. The molecular formula is C11H23N3O2. The zero-order chi connectivity index (χ0) is 12.0. The van der Waals surface area contributed by atoms with Gasteiger partial charge in [0.05, 0.1) is 6.61 Å². The SMILES string of the molecule is CN(C)CCC(=O)N1CCN(CCO)CC1. The molecule has 0 aromatic carbocycles. The maximum Gasteiger partial charge on any atom is 0.223 e. The van der Waals surface area contributed by atoms with Crippen molar-refractivity contribution in [3.05, 3.63) is 0 Å². The molecule has 5 nitrogen and oxygen atoms in total. The summed E-state index contributed by atoms with van der Waals surface area (Å²) in [5, 5.41) is 8.81. The van der Waals surface area contributed by atoms with E-state index in [9.17, 15) is 4.79 Å². The molecule has 1 aliphatic rings. The molecule has 1 fully saturated rings. The summed E-state index contributed by atoms with van der Waals surface area (Å²) in [6.07, 6.45) is 0.604. The van der Waals surface area contributed by atoms with Gasteiger partial charge in [-0.15, -0.1) is 0 Å². The fourth-order valence-corrected chi connectivity index (χ4v) is 1.84. The molecular weight excluding hydrogens is 206 g/mol. The molecule has 0 bridgehead atoms. The van der Waals surface area contributed by atoms with Gasteiger partial charge in [0.2, 0.25) is 5.91 Å². The van der Waals surface area contributed by atoms with Crippen molar-refractivity contribution in [1.29, 1.82) is 0 Å². The number of rotatable bonds is 5. The lowest BCUT2D eigenvalue weighted by atomic mass is 10.2. The summed E-state index contributed by atoms with van der Waals surface area (Å²) in [6, 6.07) is 0. The molecule has 0 saturated carbocycles. The lowest BCUT2D eigenvalue weighted by Crippen LogP contribution is -2.49. The van der Waals surface area contributed by atoms with E-state index in [1.807, 2.05) is 23.9 Å². The van der Waals surface area contributed by atoms with E-state index in [0.717, 1.165) is 39.3 Å². The van der Waals surface area contributed by atoms with Crippen LogP contribution in [0.1, 0.15) is 6.42 Å². The van der Waals surface area contributed by atoms with E-state index in [1.165, 1.54) is 0 Å². The lowest BCUT2D eigenvalue weighted by molar-refractivity contribution is -0.133. The number of amides is 1. The predicted octanol–water partition coefficient (Wildman–Crippen LogP) is -0.925. The van der Waals surface area contributed by atoms with Crippen molar-refractivity contribution >= 4 is 5.91 Å². The number of aliphatic hydroxyl groups is 1. The Bertz CT molecular complexity index is 213. The van der Waals surface area contributed by atoms with E-state index in [4.69, 9.17) is 5.11 Å². The second-order valence-corrected chi connectivity index (χ2v) is 4.50. The van der Waals surface area contributed by atoms with Gasteiger partial charge in [-0.2, -0.15) is 0 Å². The summed E-state index contributed by atoms with van der Waals surface area (Å²) < 4.78 is 0. The zero-order valence-corrected chi connectivity index (χ0v) is 10.4. The van der Waals surface area contributed by atoms with E-state index in [2.05, 4.69) is 4.90 Å². The summed E-state index contributed by atoms with van der Waals surface area (Å²) in [5.74, 6) is 0.248. The molecule has 0 spiro atoms. The average molecular weight is 229 g/mol. The molecule has 0 atom stereocenters. The highest BCUT2D eigenvalue weighted by atomic mass is 16.3. The van der Waals surface area contributed by atoms with E-state index < -0.39 is 0 Å². The Kier molecular flexibility index (Phi) is 5.73. The van der Waals surface area contributed by atoms with Crippen LogP contribution in [0.2, 0.25) is 0 Å². The fourth-order valence-electron chi connectivity index (χ4n) is 1.84. The number of aliphatic hydroxyl groups excluding tert-OH is 1. The van der Waals surface area contributed by atoms with Crippen LogP contribution in [0.3, 0.4) is 0 Å². The number of β-amino-alcohol motifs (C(OH)–C–C–N with tert-alkyl or cyclic N) is 1. The summed E-state index contributed by atoms with van der Waals surface area (Å²) in [4.78, 5) is 17.9. The molecule has 0 radical (unpaired) electrons. The van der Waals surface area contributed by atoms with Gasteiger partial charge in [0.15, 0.2) is 0 Å². The molecule has 1 aliphatic heterocycles. The summed E-state index contributed by atoms with van der Waals surface area (Å²) in [6.45, 7) is 5.10. The van der Waals surface area contributed by atoms with E-state index in [1.54, 1.807) is 0 Å². The average Bonchev–Trinajstić information content (AvgIpc) is 2.27. The number of piperazine rings is 1. The number of hydrogen-bond donors (Lipinski definition) is 1. The van der Waals surface area contributed by atoms with Gasteiger partial charge in [0, 0.05) is 45.7 Å². The van der Waals surface area contributed by atoms with Gasteiger partial charge < -0.3 is 14.9 Å². The molecule has 16 heavy (non-hydrogen) atoms. The molecule has 1 amide bonds. The van der Waals surface area contributed by atoms with Crippen molar-refractivity contribution in [1.82, 2.24) is 14.7 Å². The third-order valence-electron chi connectivity index (χ3n) is 2.91. The number of carbonyl (C=O) groups is 1. The zero-order valence-electron chi connectivity index (χ0n) is 10.4. The molecule has 1 rings (SSSR count). The van der Waals surface area contributed by atoms with Gasteiger partial charge in [0.1, 0.15) is 0 Å². The Morgan fingerprint density at radius 2 is 1.88 bits per heavy atom. The standard InChI is InChI=1S/C11H23N3O2/c1-12(2)4-3-11(16)14-7-5-13(6-8-14)9-10-15/h15H,3-10H2,1-2H3. The van der Waals surface area contributed by atoms with Crippen LogP contribution in [0, 0.1) is 0 Å². The van der Waals surface area contributed by atoms with E-state index in [-0.39, 0.29) is 12.5 Å². The Balaban J connectivity index is 2.22. The first-order valence-corrected chi connectivity index (χ1v) is 5.89. The normalized spacial score (nSPS) is 18.1. The highest BCUT2D eigenvalue weighted by Crippen LogP contribution is 2.03. The molecule has 0 aromatic rings. The molecule has 1 saturated heterocycles. The quantitative estimate of drug-likeness (QED) is 0.662. The van der Waals surface area contributed by atoms with Crippen molar-refractivity contribution in [2.24, 2.45) is 0 Å². The van der Waals surface area contributed by atoms with Crippen molar-refractivity contribution in [2.75, 3.05) is 60.0 Å². The minimum Gasteiger partial charge on any atom is -0.395 e. The summed E-state index contributed by atoms with van der Waals surface area (Å²) in [5.41, 5.74) is 0. The molecule has 1 N–H and O–H groups in total. The van der Waals surface area contributed by atoms with Gasteiger partial charge in [-0.3, -0.25) is 9.69 Å². The predicted molar refractivity (Wildman–Crippen MR) is 63.3 cm³/mol. The van der Waals surface area contributed by atoms with Crippen LogP contribution < -0.4 is 0 Å². The maximum atomic E-state index is 11.8. The van der Waals surface area contributed by atoms with Gasteiger partial charge in [-0.1, -0.05) is 0 Å². The van der Waals surface area contributed by atoms with Crippen LogP contribution in [0.5, 0.6) is 0 Å². The second kappa shape index (κ2) is 6.83. The third kappa shape index (κ3) is 4.47. The largest absolute Gasteiger partial charge is 0.395 e. The molecule has 1 heterocycles. The van der Waals surface area contributed by atoms with Crippen LogP contribution in [-0.2, 0) is 4.79 Å². The Morgan fingerprint density at radius 3 is 2.38 bits per heavy atom. The third-order valence-corrected chi connectivity index (χ3v) is 2.91. The van der Waals surface area contributed by atoms with Gasteiger partial charge in [-0.25, -0.2) is 0 Å². The molecule has 94 valence electrons. The van der Waals surface area contributed by atoms with E-state index in [0.29, 0.717) is 6.42 Å². The number of hydrogen-bond acceptors (Lipinski definition) is 4. The molecule has 0 unspecified atom stereocenters. The van der Waals surface area contributed by atoms with E-state index >= 15 is 0 Å². The first kappa shape index (κ1) is 13.4. The van der Waals surface area contributed by atoms with Crippen LogP contribution >= 0.6 is 0 Å². The maximum absolute atomic E-state index is 11.8. The van der Waals surface area contributed by atoms with Crippen LogP contribution in [-0.4, -0.2) is 85.7 Å². The highest BCUT2D eigenvalue weighted by molar-refractivity contribution is 5.76. The van der Waals surface area contributed by atoms with Crippen molar-refractivity contribution in [3.63, 3.8) is 0 Å². The number of nitrogens with zero attached hydrogens (tertiary/aromatic N) is 3. The highest BCUT2D eigenvalue weighted by Gasteiger charge is 2.20. The Hall–Kier alpha value is -0.650. The lowest BCUT2D eigenvalue weighted by Gasteiger charge is -2.34. The smallest absolute Gasteiger partial charge is 0.223 e. The van der Waals surface area contributed by atoms with Crippen molar-refractivity contribution in [3.8, 4) is 0 Å². The van der Waals surface area contributed by atoms with Crippen molar-refractivity contribution < 1.29 is 9.90 Å². The van der Waals surface area contributed by atoms with Gasteiger partial charge in [-0.05, 0) is 14.1 Å². The minimum atomic E-state index is 0.203. The van der Waals surface area contributed by atoms with Crippen LogP contribution in [0.15, 0.2) is 0 Å². The monoisotopic (exact) mass is 229 g/mol. The topological polar surface area (TPSA) is 47.0 Å². The number of carbonyl (C=O) groups excluding carboxylic acids is 1. The minimum absolute atomic E-state index is 0.203. The first-order chi connectivity index (χ1) is 7.63. The Labute approximate surface area is 97.6 Å². The van der Waals surface area contributed by atoms with Crippen molar-refractivity contribution in [2.45, 2.75) is 6.42 Å². The second-order valence-electron chi connectivity index (χ2n) is 4.50. The first-order valence-electron chi connectivity index (χ1n) is 5.89. The van der Waals surface area contributed by atoms with Gasteiger partial charge >= 0.3 is 0 Å². The fraction of sp³-hybridized carbons (Fsp3) is 0.909. The Morgan fingerprint density at radius 1 is 1.25 bits per heavy atom. The molecule has 0 aromatic heterocycles. The van der Waals surface area contributed by atoms with Crippen LogP contribution in [0.4, 0.5) is 0 Å². The summed E-state index contributed by atoms with van der Waals surface area (Å²) >= 11 is 0. The molecule has 5 heteroatoms. The molecule has 0 aliphatic carbocycles. The van der Waals surface area contributed by atoms with Crippen LogP contribution in [0.25, 0.3) is 0 Å². The van der Waals surface area contributed by atoms with Gasteiger partial charge in [0.25, 0.3) is 0 Å².